The van der Waals surface area contributed by atoms with Gasteiger partial charge in [-0.05, 0) is 6.07 Å². The minimum atomic E-state index is -0.955. The van der Waals surface area contributed by atoms with Crippen molar-refractivity contribution in [1.29, 1.82) is 0 Å². The third kappa shape index (κ3) is 3.75. The number of methoxy groups -OCH3 is 1. The molecule has 0 saturated heterocycles. The van der Waals surface area contributed by atoms with Crippen LogP contribution < -0.4 is 10.1 Å². The van der Waals surface area contributed by atoms with Gasteiger partial charge in [-0.25, -0.2) is 0 Å². The lowest BCUT2D eigenvalue weighted by Gasteiger charge is -2.08. The smallest absolute Gasteiger partial charge is 0.308 e. The van der Waals surface area contributed by atoms with Gasteiger partial charge >= 0.3 is 5.97 Å². The minimum Gasteiger partial charge on any atom is -0.497 e. The number of hydrogen-bond acceptors (Lipinski definition) is 4. The van der Waals surface area contributed by atoms with Crippen molar-refractivity contribution in [1.82, 2.24) is 10.3 Å². The Labute approximate surface area is 98.6 Å². The SMILES string of the molecule is COc1ccnc(C(=O)NCC(C)C(=O)O)c1. The number of hydrogen-bond donors (Lipinski definition) is 2. The number of carbonyl (C=O) groups is 2. The molecule has 1 aromatic rings. The van der Waals surface area contributed by atoms with Crippen LogP contribution in [-0.4, -0.2) is 35.6 Å². The quantitative estimate of drug-likeness (QED) is 0.781. The van der Waals surface area contributed by atoms with Gasteiger partial charge < -0.3 is 15.2 Å². The number of aromatic nitrogens is 1. The maximum atomic E-state index is 11.6. The Morgan fingerprint density at radius 1 is 1.59 bits per heavy atom. The number of aliphatic carboxylic acids is 1. The largest absolute Gasteiger partial charge is 0.497 e. The Morgan fingerprint density at radius 3 is 2.88 bits per heavy atom. The van der Waals surface area contributed by atoms with Gasteiger partial charge in [0.2, 0.25) is 0 Å². The topological polar surface area (TPSA) is 88.5 Å². The first-order valence-electron chi connectivity index (χ1n) is 5.05. The molecule has 6 nitrogen and oxygen atoms in total. The monoisotopic (exact) mass is 238 g/mol. The number of rotatable bonds is 5. The van der Waals surface area contributed by atoms with E-state index in [2.05, 4.69) is 10.3 Å². The highest BCUT2D eigenvalue weighted by atomic mass is 16.5. The fourth-order valence-electron chi connectivity index (χ4n) is 1.09. The van der Waals surface area contributed by atoms with Gasteiger partial charge in [0, 0.05) is 18.8 Å². The number of nitrogens with one attached hydrogen (secondary N) is 1. The molecule has 0 aliphatic carbocycles. The number of ether oxygens (including phenoxy) is 1. The van der Waals surface area contributed by atoms with E-state index >= 15 is 0 Å². The first kappa shape index (κ1) is 13.0. The van der Waals surface area contributed by atoms with Crippen molar-refractivity contribution in [2.24, 2.45) is 5.92 Å². The highest BCUT2D eigenvalue weighted by Gasteiger charge is 2.14. The van der Waals surface area contributed by atoms with Crippen LogP contribution >= 0.6 is 0 Å². The van der Waals surface area contributed by atoms with Crippen LogP contribution in [0.2, 0.25) is 0 Å². The lowest BCUT2D eigenvalue weighted by atomic mass is 10.2. The summed E-state index contributed by atoms with van der Waals surface area (Å²) in [7, 11) is 1.49. The third-order valence-electron chi connectivity index (χ3n) is 2.19. The van der Waals surface area contributed by atoms with Crippen LogP contribution in [0.25, 0.3) is 0 Å². The van der Waals surface area contributed by atoms with E-state index in [1.165, 1.54) is 26.3 Å². The summed E-state index contributed by atoms with van der Waals surface area (Å²) in [5, 5.41) is 11.2. The normalized spacial score (nSPS) is 11.6. The molecule has 0 aliphatic heterocycles. The van der Waals surface area contributed by atoms with E-state index in [0.717, 1.165) is 0 Å². The van der Waals surface area contributed by atoms with Gasteiger partial charge in [0.25, 0.3) is 5.91 Å². The second-order valence-corrected chi connectivity index (χ2v) is 3.53. The van der Waals surface area contributed by atoms with E-state index in [1.807, 2.05) is 0 Å². The summed E-state index contributed by atoms with van der Waals surface area (Å²) < 4.78 is 4.95. The van der Waals surface area contributed by atoms with Gasteiger partial charge in [-0.15, -0.1) is 0 Å². The zero-order valence-corrected chi connectivity index (χ0v) is 9.64. The highest BCUT2D eigenvalue weighted by molar-refractivity contribution is 5.92. The molecule has 92 valence electrons. The summed E-state index contributed by atoms with van der Waals surface area (Å²) in [4.78, 5) is 26.1. The fraction of sp³-hybridized carbons (Fsp3) is 0.364. The lowest BCUT2D eigenvalue weighted by Crippen LogP contribution is -2.31. The number of pyridine rings is 1. The second kappa shape index (κ2) is 5.83. The summed E-state index contributed by atoms with van der Waals surface area (Å²) in [5.41, 5.74) is 0.196. The van der Waals surface area contributed by atoms with E-state index in [4.69, 9.17) is 9.84 Å². The molecule has 1 rings (SSSR count). The molecule has 0 aromatic carbocycles. The Hall–Kier alpha value is -2.11. The predicted molar refractivity (Wildman–Crippen MR) is 59.9 cm³/mol. The molecule has 0 fully saturated rings. The number of nitrogens with zero attached hydrogens (tertiary/aromatic N) is 1. The van der Waals surface area contributed by atoms with Gasteiger partial charge in [0.15, 0.2) is 0 Å². The maximum absolute atomic E-state index is 11.6. The van der Waals surface area contributed by atoms with E-state index in [1.54, 1.807) is 6.07 Å². The van der Waals surface area contributed by atoms with Gasteiger partial charge in [-0.3, -0.25) is 14.6 Å². The Morgan fingerprint density at radius 2 is 2.29 bits per heavy atom. The predicted octanol–water partition coefficient (Wildman–Crippen LogP) is 0.541. The minimum absolute atomic E-state index is 0.0626. The standard InChI is InChI=1S/C11H14N2O4/c1-7(11(15)16)6-13-10(14)9-5-8(17-2)3-4-12-9/h3-5,7H,6H2,1-2H3,(H,13,14)(H,15,16). The molecule has 1 heterocycles. The Balaban J connectivity index is 2.60. The van der Waals surface area contributed by atoms with Crippen LogP contribution in [0.5, 0.6) is 5.75 Å². The molecule has 1 atom stereocenters. The van der Waals surface area contributed by atoms with Crippen LogP contribution in [0.3, 0.4) is 0 Å². The molecule has 1 amide bonds. The van der Waals surface area contributed by atoms with Crippen molar-refractivity contribution in [3.05, 3.63) is 24.0 Å². The Bertz CT molecular complexity index is 420. The van der Waals surface area contributed by atoms with E-state index < -0.39 is 17.8 Å². The molecule has 6 heteroatoms. The Kier molecular flexibility index (Phi) is 4.45. The fourth-order valence-corrected chi connectivity index (χ4v) is 1.09. The molecule has 0 bridgehead atoms. The molecular formula is C11H14N2O4. The van der Waals surface area contributed by atoms with Gasteiger partial charge in [0.05, 0.1) is 13.0 Å². The first-order chi connectivity index (χ1) is 8.04. The van der Waals surface area contributed by atoms with Gasteiger partial charge in [-0.1, -0.05) is 6.92 Å². The zero-order chi connectivity index (χ0) is 12.8. The summed E-state index contributed by atoms with van der Waals surface area (Å²) in [6.07, 6.45) is 1.45. The molecule has 17 heavy (non-hydrogen) atoms. The van der Waals surface area contributed by atoms with Crippen molar-refractivity contribution in [3.63, 3.8) is 0 Å². The molecule has 1 unspecified atom stereocenters. The number of carboxylic acids is 1. The van der Waals surface area contributed by atoms with Crippen molar-refractivity contribution in [2.75, 3.05) is 13.7 Å². The first-order valence-corrected chi connectivity index (χ1v) is 5.05. The number of amides is 1. The van der Waals surface area contributed by atoms with Crippen molar-refractivity contribution in [2.45, 2.75) is 6.92 Å². The van der Waals surface area contributed by atoms with Crippen molar-refractivity contribution < 1.29 is 19.4 Å². The molecule has 0 saturated carbocycles. The number of carboxylic acid groups (broad SMARTS) is 1. The van der Waals surface area contributed by atoms with Crippen LogP contribution in [-0.2, 0) is 4.79 Å². The molecule has 0 radical (unpaired) electrons. The van der Waals surface area contributed by atoms with Gasteiger partial charge in [0.1, 0.15) is 11.4 Å². The second-order valence-electron chi connectivity index (χ2n) is 3.53. The van der Waals surface area contributed by atoms with Gasteiger partial charge in [-0.2, -0.15) is 0 Å². The molecule has 1 aromatic heterocycles. The maximum Gasteiger partial charge on any atom is 0.308 e. The molecule has 0 spiro atoms. The molecule has 0 aliphatic rings. The highest BCUT2D eigenvalue weighted by Crippen LogP contribution is 2.09. The molecule has 2 N–H and O–H groups in total. The number of carbonyl (C=O) groups excluding carboxylic acids is 1. The average Bonchev–Trinajstić information content (AvgIpc) is 2.35. The molecular weight excluding hydrogens is 224 g/mol. The van der Waals surface area contributed by atoms with Crippen LogP contribution in [0.1, 0.15) is 17.4 Å². The van der Waals surface area contributed by atoms with Crippen LogP contribution in [0.15, 0.2) is 18.3 Å². The van der Waals surface area contributed by atoms with Crippen molar-refractivity contribution in [3.8, 4) is 5.75 Å². The van der Waals surface area contributed by atoms with E-state index in [0.29, 0.717) is 5.75 Å². The summed E-state index contributed by atoms with van der Waals surface area (Å²) in [6.45, 7) is 1.58. The van der Waals surface area contributed by atoms with Crippen molar-refractivity contribution >= 4 is 11.9 Å². The lowest BCUT2D eigenvalue weighted by molar-refractivity contribution is -0.140. The van der Waals surface area contributed by atoms with E-state index in [-0.39, 0.29) is 12.2 Å². The summed E-state index contributed by atoms with van der Waals surface area (Å²) >= 11 is 0. The van der Waals surface area contributed by atoms with E-state index in [9.17, 15) is 9.59 Å². The average molecular weight is 238 g/mol. The van der Waals surface area contributed by atoms with Crippen LogP contribution in [0.4, 0.5) is 0 Å². The zero-order valence-electron chi connectivity index (χ0n) is 9.64. The third-order valence-corrected chi connectivity index (χ3v) is 2.19. The summed E-state index contributed by atoms with van der Waals surface area (Å²) in [6, 6.07) is 3.11. The summed E-state index contributed by atoms with van der Waals surface area (Å²) in [5.74, 6) is -1.48. The van der Waals surface area contributed by atoms with Crippen LogP contribution in [0, 0.1) is 5.92 Å².